The summed E-state index contributed by atoms with van der Waals surface area (Å²) in [5, 5.41) is 16.9. The smallest absolute Gasteiger partial charge is 0.256 e. The maximum Gasteiger partial charge on any atom is 0.256 e. The Morgan fingerprint density at radius 3 is 3.22 bits per heavy atom. The number of rotatable bonds is 2. The first-order valence-corrected chi connectivity index (χ1v) is 6.12. The number of H-pyrrole nitrogens is 1. The molecule has 1 aliphatic heterocycles. The molecule has 0 radical (unpaired) electrons. The molecule has 1 aromatic carbocycles. The molecule has 1 atom stereocenters. The first-order valence-electron chi connectivity index (χ1n) is 6.12. The van der Waals surface area contributed by atoms with Crippen LogP contribution in [-0.4, -0.2) is 45.8 Å². The van der Waals surface area contributed by atoms with E-state index in [4.69, 9.17) is 5.11 Å². The molecule has 1 unspecified atom stereocenters. The quantitative estimate of drug-likeness (QED) is 0.830. The number of para-hydroxylation sites is 1. The average Bonchev–Trinajstić information content (AvgIpc) is 3.05. The van der Waals surface area contributed by atoms with Crippen LogP contribution in [0.1, 0.15) is 16.8 Å². The normalized spacial score (nSPS) is 19.6. The van der Waals surface area contributed by atoms with Gasteiger partial charge in [-0.25, -0.2) is 0 Å². The fraction of sp³-hybridized carbons (Fsp3) is 0.385. The lowest BCUT2D eigenvalue weighted by molar-refractivity contribution is 0.0783. The van der Waals surface area contributed by atoms with Gasteiger partial charge in [0, 0.05) is 31.0 Å². The Bertz CT molecular complexity index is 578. The highest BCUT2D eigenvalue weighted by Crippen LogP contribution is 2.22. The summed E-state index contributed by atoms with van der Waals surface area (Å²) in [5.74, 6) is 0.232. The summed E-state index contributed by atoms with van der Waals surface area (Å²) in [6, 6.07) is 5.61. The molecule has 1 amide bonds. The molecule has 2 heterocycles. The van der Waals surface area contributed by atoms with Gasteiger partial charge < -0.3 is 10.0 Å². The van der Waals surface area contributed by atoms with E-state index in [1.54, 1.807) is 11.1 Å². The molecule has 0 spiro atoms. The van der Waals surface area contributed by atoms with Crippen molar-refractivity contribution in [2.45, 2.75) is 6.42 Å². The Morgan fingerprint density at radius 2 is 2.44 bits per heavy atom. The number of hydrogen-bond acceptors (Lipinski definition) is 3. The number of fused-ring (bicyclic) bond motifs is 1. The van der Waals surface area contributed by atoms with E-state index in [0.29, 0.717) is 18.7 Å². The minimum absolute atomic E-state index is 0.0146. The maximum atomic E-state index is 12.4. The first-order chi connectivity index (χ1) is 8.79. The number of nitrogens with one attached hydrogen (secondary N) is 1. The Kier molecular flexibility index (Phi) is 2.76. The van der Waals surface area contributed by atoms with Gasteiger partial charge in [-0.3, -0.25) is 9.89 Å². The number of benzene rings is 1. The third-order valence-electron chi connectivity index (χ3n) is 3.54. The lowest BCUT2D eigenvalue weighted by atomic mass is 10.1. The van der Waals surface area contributed by atoms with Crippen LogP contribution in [0.3, 0.4) is 0 Å². The highest BCUT2D eigenvalue weighted by Gasteiger charge is 2.27. The number of likely N-dealkylation sites (tertiary alicyclic amines) is 1. The molecule has 0 aliphatic carbocycles. The zero-order chi connectivity index (χ0) is 12.5. The van der Waals surface area contributed by atoms with E-state index in [9.17, 15) is 4.79 Å². The zero-order valence-corrected chi connectivity index (χ0v) is 9.97. The minimum atomic E-state index is 0.0146. The molecule has 2 N–H and O–H groups in total. The summed E-state index contributed by atoms with van der Waals surface area (Å²) in [4.78, 5) is 14.2. The van der Waals surface area contributed by atoms with Crippen LogP contribution in [0.2, 0.25) is 0 Å². The largest absolute Gasteiger partial charge is 0.396 e. The second-order valence-corrected chi connectivity index (χ2v) is 4.73. The van der Waals surface area contributed by atoms with Gasteiger partial charge in [0.1, 0.15) is 0 Å². The van der Waals surface area contributed by atoms with Crippen LogP contribution < -0.4 is 0 Å². The van der Waals surface area contributed by atoms with Gasteiger partial charge in [0.15, 0.2) is 0 Å². The summed E-state index contributed by atoms with van der Waals surface area (Å²) in [5.41, 5.74) is 1.44. The van der Waals surface area contributed by atoms with Crippen molar-refractivity contribution in [3.05, 3.63) is 30.0 Å². The SMILES string of the molecule is O=C(c1cccc2cn[nH]c12)N1CCC(CO)C1. The second-order valence-electron chi connectivity index (χ2n) is 4.73. The predicted octanol–water partition coefficient (Wildman–Crippen LogP) is 1.02. The van der Waals surface area contributed by atoms with E-state index in [2.05, 4.69) is 10.2 Å². The molecule has 18 heavy (non-hydrogen) atoms. The molecule has 94 valence electrons. The predicted molar refractivity (Wildman–Crippen MR) is 67.2 cm³/mol. The second kappa shape index (κ2) is 4.42. The summed E-state index contributed by atoms with van der Waals surface area (Å²) < 4.78 is 0. The number of nitrogens with zero attached hydrogens (tertiary/aromatic N) is 2. The van der Waals surface area contributed by atoms with E-state index in [-0.39, 0.29) is 18.4 Å². The molecule has 2 aromatic rings. The summed E-state index contributed by atoms with van der Waals surface area (Å²) in [6.45, 7) is 1.51. The maximum absolute atomic E-state index is 12.4. The number of aromatic nitrogens is 2. The van der Waals surface area contributed by atoms with Crippen LogP contribution >= 0.6 is 0 Å². The summed E-state index contributed by atoms with van der Waals surface area (Å²) in [6.07, 6.45) is 2.59. The van der Waals surface area contributed by atoms with Gasteiger partial charge in [-0.1, -0.05) is 12.1 Å². The molecule has 1 aliphatic rings. The molecule has 1 aromatic heterocycles. The molecule has 5 heteroatoms. The van der Waals surface area contributed by atoms with Crippen molar-refractivity contribution in [1.29, 1.82) is 0 Å². The molecule has 0 saturated carbocycles. The fourth-order valence-corrected chi connectivity index (χ4v) is 2.48. The highest BCUT2D eigenvalue weighted by molar-refractivity contribution is 6.05. The van der Waals surface area contributed by atoms with E-state index < -0.39 is 0 Å². The summed E-state index contributed by atoms with van der Waals surface area (Å²) >= 11 is 0. The molecular formula is C13H15N3O2. The third-order valence-corrected chi connectivity index (χ3v) is 3.54. The number of carbonyl (C=O) groups excluding carboxylic acids is 1. The van der Waals surface area contributed by atoms with Crippen LogP contribution in [0.25, 0.3) is 10.9 Å². The first kappa shape index (κ1) is 11.2. The van der Waals surface area contributed by atoms with Gasteiger partial charge in [0.05, 0.1) is 17.3 Å². The fourth-order valence-electron chi connectivity index (χ4n) is 2.48. The van der Waals surface area contributed by atoms with Crippen LogP contribution in [0, 0.1) is 5.92 Å². The number of aliphatic hydroxyl groups is 1. The number of aliphatic hydroxyl groups excluding tert-OH is 1. The van der Waals surface area contributed by atoms with E-state index in [1.807, 2.05) is 18.2 Å². The molecule has 1 saturated heterocycles. The number of aromatic amines is 1. The lowest BCUT2D eigenvalue weighted by Crippen LogP contribution is -2.29. The number of hydrogen-bond donors (Lipinski definition) is 2. The average molecular weight is 245 g/mol. The minimum Gasteiger partial charge on any atom is -0.396 e. The molecule has 1 fully saturated rings. The standard InChI is InChI=1S/C13H15N3O2/c17-8-9-4-5-16(7-9)13(18)11-3-1-2-10-6-14-15-12(10)11/h1-3,6,9,17H,4-5,7-8H2,(H,14,15). The topological polar surface area (TPSA) is 69.2 Å². The van der Waals surface area contributed by atoms with E-state index in [0.717, 1.165) is 17.3 Å². The lowest BCUT2D eigenvalue weighted by Gasteiger charge is -2.16. The number of amides is 1. The van der Waals surface area contributed by atoms with Crippen molar-refractivity contribution in [3.8, 4) is 0 Å². The summed E-state index contributed by atoms with van der Waals surface area (Å²) in [7, 11) is 0. The van der Waals surface area contributed by atoms with Crippen molar-refractivity contribution in [2.75, 3.05) is 19.7 Å². The van der Waals surface area contributed by atoms with Crippen LogP contribution in [0.5, 0.6) is 0 Å². The van der Waals surface area contributed by atoms with Gasteiger partial charge in [-0.05, 0) is 12.5 Å². The highest BCUT2D eigenvalue weighted by atomic mass is 16.3. The van der Waals surface area contributed by atoms with Crippen molar-refractivity contribution >= 4 is 16.8 Å². The monoisotopic (exact) mass is 245 g/mol. The molecule has 3 rings (SSSR count). The molecule has 5 nitrogen and oxygen atoms in total. The van der Waals surface area contributed by atoms with Crippen LogP contribution in [0.4, 0.5) is 0 Å². The van der Waals surface area contributed by atoms with Gasteiger partial charge in [0.25, 0.3) is 5.91 Å². The van der Waals surface area contributed by atoms with Gasteiger partial charge >= 0.3 is 0 Å². The van der Waals surface area contributed by atoms with Crippen LogP contribution in [0.15, 0.2) is 24.4 Å². The van der Waals surface area contributed by atoms with E-state index >= 15 is 0 Å². The van der Waals surface area contributed by atoms with Gasteiger partial charge in [0.2, 0.25) is 0 Å². The Hall–Kier alpha value is -1.88. The molecule has 0 bridgehead atoms. The van der Waals surface area contributed by atoms with Crippen LogP contribution in [-0.2, 0) is 0 Å². The third kappa shape index (κ3) is 1.76. The van der Waals surface area contributed by atoms with Crippen molar-refractivity contribution in [1.82, 2.24) is 15.1 Å². The van der Waals surface area contributed by atoms with Gasteiger partial charge in [-0.15, -0.1) is 0 Å². The van der Waals surface area contributed by atoms with Crippen molar-refractivity contribution in [2.24, 2.45) is 5.92 Å². The Morgan fingerprint density at radius 1 is 1.56 bits per heavy atom. The Labute approximate surface area is 104 Å². The number of carbonyl (C=O) groups is 1. The van der Waals surface area contributed by atoms with Crippen molar-refractivity contribution in [3.63, 3.8) is 0 Å². The van der Waals surface area contributed by atoms with Crippen molar-refractivity contribution < 1.29 is 9.90 Å². The Balaban J connectivity index is 1.90. The zero-order valence-electron chi connectivity index (χ0n) is 9.97. The molecular weight excluding hydrogens is 230 g/mol. The van der Waals surface area contributed by atoms with Gasteiger partial charge in [-0.2, -0.15) is 5.10 Å². The van der Waals surface area contributed by atoms with E-state index in [1.165, 1.54) is 0 Å².